The molecule has 4 heterocycles. The Balaban J connectivity index is 1.25. The molecule has 1 aromatic carbocycles. The highest BCUT2D eigenvalue weighted by Crippen LogP contribution is 2.33. The molecule has 0 N–H and O–H groups in total. The first-order valence-electron chi connectivity index (χ1n) is 10.1. The maximum atomic E-state index is 13.2. The van der Waals surface area contributed by atoms with Crippen molar-refractivity contribution in [3.8, 4) is 11.5 Å². The van der Waals surface area contributed by atoms with Crippen molar-refractivity contribution in [3.05, 3.63) is 47.0 Å². The molecule has 5 rings (SSSR count). The number of piperazine rings is 1. The van der Waals surface area contributed by atoms with Gasteiger partial charge in [0.05, 0.1) is 0 Å². The number of benzene rings is 1. The number of hydrogen-bond donors (Lipinski definition) is 0. The Morgan fingerprint density at radius 3 is 2.66 bits per heavy atom. The maximum absolute atomic E-state index is 13.2. The minimum Gasteiger partial charge on any atom is -0.454 e. The Morgan fingerprint density at radius 2 is 1.86 bits per heavy atom. The molecule has 2 aliphatic rings. The third kappa shape index (κ3) is 3.38. The monoisotopic (exact) mass is 411 g/mol. The van der Waals surface area contributed by atoms with Gasteiger partial charge < -0.3 is 18.9 Å². The SMILES string of the molecule is CC(C)n1c(C(=O)N2CCN(Cc3ccc4c(c3)OCO4)CC2)cc2ccsc21. The average molecular weight is 412 g/mol. The number of fused-ring (bicyclic) bond motifs is 2. The zero-order chi connectivity index (χ0) is 20.0. The van der Waals surface area contributed by atoms with Crippen LogP contribution in [0.4, 0.5) is 0 Å². The number of rotatable bonds is 4. The molecule has 0 spiro atoms. The molecule has 0 unspecified atom stereocenters. The zero-order valence-corrected chi connectivity index (χ0v) is 17.6. The summed E-state index contributed by atoms with van der Waals surface area (Å²) >= 11 is 1.70. The van der Waals surface area contributed by atoms with Crippen molar-refractivity contribution < 1.29 is 14.3 Å². The number of thiophene rings is 1. The predicted molar refractivity (Wildman–Crippen MR) is 114 cm³/mol. The van der Waals surface area contributed by atoms with Crippen LogP contribution in [0.25, 0.3) is 10.2 Å². The summed E-state index contributed by atoms with van der Waals surface area (Å²) in [5.74, 6) is 1.78. The van der Waals surface area contributed by atoms with E-state index >= 15 is 0 Å². The van der Waals surface area contributed by atoms with E-state index in [1.807, 2.05) is 17.0 Å². The van der Waals surface area contributed by atoms with Crippen LogP contribution < -0.4 is 9.47 Å². The van der Waals surface area contributed by atoms with E-state index in [-0.39, 0.29) is 11.9 Å². The van der Waals surface area contributed by atoms with Crippen molar-refractivity contribution in [3.63, 3.8) is 0 Å². The van der Waals surface area contributed by atoms with Gasteiger partial charge in [-0.2, -0.15) is 0 Å². The third-order valence-corrected chi connectivity index (χ3v) is 6.61. The van der Waals surface area contributed by atoms with Crippen molar-refractivity contribution in [2.24, 2.45) is 0 Å². The summed E-state index contributed by atoms with van der Waals surface area (Å²) in [5.41, 5.74) is 2.02. The fourth-order valence-electron chi connectivity index (χ4n) is 4.19. The Kier molecular flexibility index (Phi) is 4.72. The average Bonchev–Trinajstić information content (AvgIpc) is 3.42. The summed E-state index contributed by atoms with van der Waals surface area (Å²) < 4.78 is 13.0. The second kappa shape index (κ2) is 7.39. The highest BCUT2D eigenvalue weighted by Gasteiger charge is 2.26. The second-order valence-corrected chi connectivity index (χ2v) is 8.82. The van der Waals surface area contributed by atoms with Gasteiger partial charge >= 0.3 is 0 Å². The molecule has 0 saturated carbocycles. The molecule has 3 aromatic rings. The second-order valence-electron chi connectivity index (χ2n) is 7.93. The van der Waals surface area contributed by atoms with Crippen molar-refractivity contribution >= 4 is 27.5 Å². The molecular weight excluding hydrogens is 386 g/mol. The summed E-state index contributed by atoms with van der Waals surface area (Å²) in [6, 6.07) is 10.5. The quantitative estimate of drug-likeness (QED) is 0.652. The van der Waals surface area contributed by atoms with Crippen LogP contribution >= 0.6 is 11.3 Å². The van der Waals surface area contributed by atoms with Crippen molar-refractivity contribution in [1.29, 1.82) is 0 Å². The van der Waals surface area contributed by atoms with E-state index in [2.05, 4.69) is 46.9 Å². The minimum absolute atomic E-state index is 0.143. The molecule has 6 nitrogen and oxygen atoms in total. The molecule has 152 valence electrons. The van der Waals surface area contributed by atoms with Crippen LogP contribution in [0.2, 0.25) is 0 Å². The van der Waals surface area contributed by atoms with E-state index in [0.29, 0.717) is 6.79 Å². The van der Waals surface area contributed by atoms with Gasteiger partial charge in [-0.25, -0.2) is 0 Å². The lowest BCUT2D eigenvalue weighted by Crippen LogP contribution is -2.48. The minimum atomic E-state index is 0.143. The van der Waals surface area contributed by atoms with Gasteiger partial charge in [0.1, 0.15) is 10.5 Å². The lowest BCUT2D eigenvalue weighted by Gasteiger charge is -2.35. The summed E-state index contributed by atoms with van der Waals surface area (Å²) in [5, 5.41) is 3.25. The number of carbonyl (C=O) groups is 1. The molecule has 2 aliphatic heterocycles. The summed E-state index contributed by atoms with van der Waals surface area (Å²) in [6.07, 6.45) is 0. The summed E-state index contributed by atoms with van der Waals surface area (Å²) in [6.45, 7) is 8.68. The Labute approximate surface area is 174 Å². The molecule has 0 atom stereocenters. The van der Waals surface area contributed by atoms with Crippen molar-refractivity contribution in [2.45, 2.75) is 26.4 Å². The van der Waals surface area contributed by atoms with E-state index < -0.39 is 0 Å². The molecule has 7 heteroatoms. The van der Waals surface area contributed by atoms with Gasteiger partial charge in [-0.3, -0.25) is 9.69 Å². The van der Waals surface area contributed by atoms with Crippen molar-refractivity contribution in [1.82, 2.24) is 14.4 Å². The highest BCUT2D eigenvalue weighted by atomic mass is 32.1. The molecule has 1 saturated heterocycles. The Hall–Kier alpha value is -2.51. The molecule has 0 aliphatic carbocycles. The van der Waals surface area contributed by atoms with Crippen LogP contribution in [0, 0.1) is 0 Å². The van der Waals surface area contributed by atoms with E-state index in [4.69, 9.17) is 9.47 Å². The Bertz CT molecular complexity index is 1050. The van der Waals surface area contributed by atoms with Gasteiger partial charge in [0, 0.05) is 44.2 Å². The van der Waals surface area contributed by atoms with Gasteiger partial charge in [-0.15, -0.1) is 11.3 Å². The number of nitrogens with zero attached hydrogens (tertiary/aromatic N) is 3. The third-order valence-electron chi connectivity index (χ3n) is 5.68. The molecule has 0 radical (unpaired) electrons. The van der Waals surface area contributed by atoms with Crippen LogP contribution in [0.15, 0.2) is 35.7 Å². The maximum Gasteiger partial charge on any atom is 0.270 e. The fraction of sp³-hybridized carbons (Fsp3) is 0.409. The molecule has 0 bridgehead atoms. The van der Waals surface area contributed by atoms with Crippen LogP contribution in [-0.2, 0) is 6.54 Å². The zero-order valence-electron chi connectivity index (χ0n) is 16.8. The van der Waals surface area contributed by atoms with Crippen LogP contribution in [0.5, 0.6) is 11.5 Å². The number of hydrogen-bond acceptors (Lipinski definition) is 5. The van der Waals surface area contributed by atoms with Crippen LogP contribution in [0.3, 0.4) is 0 Å². The van der Waals surface area contributed by atoms with Gasteiger partial charge in [-0.1, -0.05) is 6.07 Å². The lowest BCUT2D eigenvalue weighted by atomic mass is 10.1. The summed E-state index contributed by atoms with van der Waals surface area (Å²) in [7, 11) is 0. The molecule has 1 fully saturated rings. The highest BCUT2D eigenvalue weighted by molar-refractivity contribution is 7.16. The summed E-state index contributed by atoms with van der Waals surface area (Å²) in [4.78, 5) is 18.8. The predicted octanol–water partition coefficient (Wildman–Crippen LogP) is 3.97. The van der Waals surface area contributed by atoms with Crippen LogP contribution in [0.1, 0.15) is 35.9 Å². The number of carbonyl (C=O) groups excluding carboxylic acids is 1. The van der Waals surface area contributed by atoms with Gasteiger partial charge in [0.25, 0.3) is 5.91 Å². The van der Waals surface area contributed by atoms with E-state index in [0.717, 1.165) is 55.3 Å². The number of ether oxygens (including phenoxy) is 2. The number of aromatic nitrogens is 1. The topological polar surface area (TPSA) is 46.9 Å². The molecule has 2 aromatic heterocycles. The van der Waals surface area contributed by atoms with E-state index in [9.17, 15) is 4.79 Å². The van der Waals surface area contributed by atoms with Gasteiger partial charge in [-0.05, 0) is 49.1 Å². The largest absolute Gasteiger partial charge is 0.454 e. The van der Waals surface area contributed by atoms with E-state index in [1.165, 1.54) is 10.4 Å². The number of amides is 1. The smallest absolute Gasteiger partial charge is 0.270 e. The first-order valence-corrected chi connectivity index (χ1v) is 11.0. The van der Waals surface area contributed by atoms with Gasteiger partial charge in [0.15, 0.2) is 11.5 Å². The normalized spacial score (nSPS) is 16.9. The first-order chi connectivity index (χ1) is 14.1. The standard InChI is InChI=1S/C22H25N3O3S/c1-15(2)25-18(12-17-5-10-29-22(17)25)21(26)24-8-6-23(7-9-24)13-16-3-4-19-20(11-16)28-14-27-19/h3-5,10-12,15H,6-9,13-14H2,1-2H3. The molecule has 29 heavy (non-hydrogen) atoms. The fourth-order valence-corrected chi connectivity index (χ4v) is 5.22. The van der Waals surface area contributed by atoms with Crippen molar-refractivity contribution in [2.75, 3.05) is 33.0 Å². The van der Waals surface area contributed by atoms with Gasteiger partial charge in [0.2, 0.25) is 6.79 Å². The Morgan fingerprint density at radius 1 is 1.07 bits per heavy atom. The lowest BCUT2D eigenvalue weighted by molar-refractivity contribution is 0.0617. The first kappa shape index (κ1) is 18.5. The van der Waals surface area contributed by atoms with Crippen LogP contribution in [-0.4, -0.2) is 53.2 Å². The molecular formula is C22H25N3O3S. The van der Waals surface area contributed by atoms with E-state index in [1.54, 1.807) is 11.3 Å². The molecule has 1 amide bonds.